The van der Waals surface area contributed by atoms with E-state index in [0.29, 0.717) is 6.04 Å². The summed E-state index contributed by atoms with van der Waals surface area (Å²) in [4.78, 5) is 2.26. The van der Waals surface area contributed by atoms with E-state index in [1.807, 2.05) is 0 Å². The Morgan fingerprint density at radius 3 is 3.00 bits per heavy atom. The number of hydrogen-bond acceptors (Lipinski definition) is 4. The summed E-state index contributed by atoms with van der Waals surface area (Å²) in [5.41, 5.74) is 2.28. The number of benzene rings is 1. The maximum atomic E-state index is 6.50. The number of aromatic nitrogens is 3. The molecular formula is C15H20ClN5. The van der Waals surface area contributed by atoms with Crippen molar-refractivity contribution in [3.05, 3.63) is 40.9 Å². The molecule has 0 amide bonds. The predicted molar refractivity (Wildman–Crippen MR) is 84.6 cm³/mol. The van der Waals surface area contributed by atoms with Crippen LogP contribution in [0.1, 0.15) is 31.3 Å². The van der Waals surface area contributed by atoms with Crippen molar-refractivity contribution in [3.8, 4) is 0 Å². The molecule has 0 saturated carbocycles. The fourth-order valence-electron chi connectivity index (χ4n) is 2.74. The second kappa shape index (κ2) is 6.03. The Hall–Kier alpha value is -1.59. The van der Waals surface area contributed by atoms with Gasteiger partial charge in [-0.15, -0.1) is 10.2 Å². The molecule has 1 aromatic carbocycles. The number of anilines is 1. The molecule has 0 bridgehead atoms. The van der Waals surface area contributed by atoms with E-state index in [2.05, 4.69) is 57.0 Å². The van der Waals surface area contributed by atoms with Gasteiger partial charge in [-0.25, -0.2) is 0 Å². The summed E-state index contributed by atoms with van der Waals surface area (Å²) < 4.78 is 2.09. The summed E-state index contributed by atoms with van der Waals surface area (Å²) in [6.45, 7) is 7.78. The molecule has 1 aliphatic rings. The Morgan fingerprint density at radius 2 is 2.24 bits per heavy atom. The molecule has 0 saturated heterocycles. The number of hydrogen-bond donors (Lipinski definition) is 1. The van der Waals surface area contributed by atoms with E-state index in [1.165, 1.54) is 5.56 Å². The Kier molecular flexibility index (Phi) is 4.12. The number of nitrogens with one attached hydrogen (secondary N) is 1. The van der Waals surface area contributed by atoms with Crippen molar-refractivity contribution >= 4 is 17.3 Å². The summed E-state index contributed by atoms with van der Waals surface area (Å²) in [6, 6.07) is 6.63. The van der Waals surface area contributed by atoms with Gasteiger partial charge in [0.2, 0.25) is 0 Å². The van der Waals surface area contributed by atoms with Crippen molar-refractivity contribution in [1.29, 1.82) is 0 Å². The number of nitrogens with zero attached hydrogens (tertiary/aromatic N) is 4. The first-order valence-electron chi connectivity index (χ1n) is 7.33. The molecule has 0 radical (unpaired) electrons. The lowest BCUT2D eigenvalue weighted by Gasteiger charge is -2.30. The minimum absolute atomic E-state index is 0.311. The maximum Gasteiger partial charge on any atom is 0.152 e. The molecule has 21 heavy (non-hydrogen) atoms. The van der Waals surface area contributed by atoms with E-state index in [0.717, 1.165) is 42.7 Å². The normalized spacial score (nSPS) is 15.9. The van der Waals surface area contributed by atoms with Gasteiger partial charge in [-0.1, -0.05) is 24.6 Å². The smallest absolute Gasteiger partial charge is 0.152 e. The Bertz CT molecular complexity index is 624. The topological polar surface area (TPSA) is 46.0 Å². The first-order valence-corrected chi connectivity index (χ1v) is 7.71. The monoisotopic (exact) mass is 305 g/mol. The Labute approximate surface area is 129 Å². The van der Waals surface area contributed by atoms with Gasteiger partial charge in [-0.2, -0.15) is 0 Å². The zero-order chi connectivity index (χ0) is 14.8. The molecule has 6 heteroatoms. The van der Waals surface area contributed by atoms with E-state index in [9.17, 15) is 0 Å². The van der Waals surface area contributed by atoms with Crippen LogP contribution in [-0.4, -0.2) is 27.9 Å². The third-order valence-corrected chi connectivity index (χ3v) is 4.26. The van der Waals surface area contributed by atoms with Gasteiger partial charge < -0.3 is 14.8 Å². The first kappa shape index (κ1) is 14.4. The number of fused-ring (bicyclic) bond motifs is 1. The number of halogens is 1. The highest BCUT2D eigenvalue weighted by Gasteiger charge is 2.20. The molecule has 0 aliphatic carbocycles. The minimum atomic E-state index is 0.311. The highest BCUT2D eigenvalue weighted by atomic mass is 35.5. The Morgan fingerprint density at radius 1 is 1.38 bits per heavy atom. The molecule has 1 unspecified atom stereocenters. The van der Waals surface area contributed by atoms with Crippen LogP contribution in [0.5, 0.6) is 0 Å². The van der Waals surface area contributed by atoms with E-state index in [4.69, 9.17) is 11.6 Å². The average Bonchev–Trinajstić information content (AvgIpc) is 2.94. The second-order valence-electron chi connectivity index (χ2n) is 5.35. The molecule has 1 aromatic heterocycles. The third-order valence-electron chi connectivity index (χ3n) is 3.96. The van der Waals surface area contributed by atoms with Crippen LogP contribution in [0, 0.1) is 0 Å². The van der Waals surface area contributed by atoms with Gasteiger partial charge in [-0.3, -0.25) is 0 Å². The van der Waals surface area contributed by atoms with Crippen molar-refractivity contribution in [1.82, 2.24) is 20.1 Å². The minimum Gasteiger partial charge on any atom is -0.361 e. The van der Waals surface area contributed by atoms with Crippen molar-refractivity contribution in [2.24, 2.45) is 0 Å². The maximum absolute atomic E-state index is 6.50. The molecule has 0 spiro atoms. The lowest BCUT2D eigenvalue weighted by molar-refractivity contribution is 0.559. The molecule has 1 N–H and O–H groups in total. The molecule has 0 fully saturated rings. The standard InChI is InChI=1S/C15H20ClN5/c1-3-17-11(2)12-4-5-14(13(16)8-12)20-6-7-21-10-18-19-15(21)9-20/h4-5,8,10-11,17H,3,6-7,9H2,1-2H3. The third kappa shape index (κ3) is 2.89. The molecule has 112 valence electrons. The molecule has 2 heterocycles. The van der Waals surface area contributed by atoms with Crippen LogP contribution in [0.4, 0.5) is 5.69 Å². The van der Waals surface area contributed by atoms with E-state index in [-0.39, 0.29) is 0 Å². The average molecular weight is 306 g/mol. The van der Waals surface area contributed by atoms with E-state index < -0.39 is 0 Å². The van der Waals surface area contributed by atoms with Crippen LogP contribution in [0.15, 0.2) is 24.5 Å². The summed E-state index contributed by atoms with van der Waals surface area (Å²) >= 11 is 6.50. The van der Waals surface area contributed by atoms with E-state index in [1.54, 1.807) is 6.33 Å². The first-order chi connectivity index (χ1) is 10.2. The largest absolute Gasteiger partial charge is 0.361 e. The highest BCUT2D eigenvalue weighted by Crippen LogP contribution is 2.31. The van der Waals surface area contributed by atoms with Crippen molar-refractivity contribution in [2.45, 2.75) is 33.0 Å². The molecule has 5 nitrogen and oxygen atoms in total. The van der Waals surface area contributed by atoms with Crippen molar-refractivity contribution in [2.75, 3.05) is 18.0 Å². The SMILES string of the molecule is CCNC(C)c1ccc(N2CCn3cnnc3C2)c(Cl)c1. The van der Waals surface area contributed by atoms with Crippen LogP contribution >= 0.6 is 11.6 Å². The van der Waals surface area contributed by atoms with Crippen molar-refractivity contribution in [3.63, 3.8) is 0 Å². The second-order valence-corrected chi connectivity index (χ2v) is 5.76. The fourth-order valence-corrected chi connectivity index (χ4v) is 3.05. The van der Waals surface area contributed by atoms with Crippen molar-refractivity contribution < 1.29 is 0 Å². The zero-order valence-corrected chi connectivity index (χ0v) is 13.1. The summed E-state index contributed by atoms with van der Waals surface area (Å²) in [5.74, 6) is 0.988. The quantitative estimate of drug-likeness (QED) is 0.943. The van der Waals surface area contributed by atoms with Gasteiger partial charge in [0.25, 0.3) is 0 Å². The van der Waals surface area contributed by atoms with Crippen LogP contribution in [-0.2, 0) is 13.1 Å². The molecular weight excluding hydrogens is 286 g/mol. The lowest BCUT2D eigenvalue weighted by atomic mass is 10.1. The van der Waals surface area contributed by atoms with Crippen LogP contribution in [0.3, 0.4) is 0 Å². The van der Waals surface area contributed by atoms with Crippen LogP contribution in [0.2, 0.25) is 5.02 Å². The fraction of sp³-hybridized carbons (Fsp3) is 0.467. The summed E-state index contributed by atoms with van der Waals surface area (Å²) in [5, 5.41) is 12.3. The molecule has 1 atom stereocenters. The Balaban J connectivity index is 1.80. The van der Waals surface area contributed by atoms with Crippen LogP contribution in [0.25, 0.3) is 0 Å². The molecule has 3 rings (SSSR count). The van der Waals surface area contributed by atoms with E-state index >= 15 is 0 Å². The summed E-state index contributed by atoms with van der Waals surface area (Å²) in [7, 11) is 0. The van der Waals surface area contributed by atoms with Gasteiger partial charge in [0.05, 0.1) is 17.3 Å². The predicted octanol–water partition coefficient (Wildman–Crippen LogP) is 2.62. The highest BCUT2D eigenvalue weighted by molar-refractivity contribution is 6.33. The number of rotatable bonds is 4. The van der Waals surface area contributed by atoms with Gasteiger partial charge in [0.15, 0.2) is 5.82 Å². The molecule has 1 aliphatic heterocycles. The van der Waals surface area contributed by atoms with Gasteiger partial charge in [0.1, 0.15) is 6.33 Å². The molecule has 2 aromatic rings. The van der Waals surface area contributed by atoms with Gasteiger partial charge in [-0.05, 0) is 31.2 Å². The lowest BCUT2D eigenvalue weighted by Crippen LogP contribution is -2.33. The van der Waals surface area contributed by atoms with Gasteiger partial charge >= 0.3 is 0 Å². The zero-order valence-electron chi connectivity index (χ0n) is 12.4. The van der Waals surface area contributed by atoms with Gasteiger partial charge in [0, 0.05) is 19.1 Å². The summed E-state index contributed by atoms with van der Waals surface area (Å²) in [6.07, 6.45) is 1.79. The van der Waals surface area contributed by atoms with Crippen LogP contribution < -0.4 is 10.2 Å².